The molecule has 2 atom stereocenters. The molecule has 1 N–H and O–H groups in total. The van der Waals surface area contributed by atoms with Gasteiger partial charge in [-0.1, -0.05) is 13.8 Å². The zero-order chi connectivity index (χ0) is 15.4. The zero-order valence-electron chi connectivity index (χ0n) is 13.0. The number of morpholine rings is 1. The Morgan fingerprint density at radius 1 is 1.57 bits per heavy atom. The molecule has 1 aliphatic heterocycles. The van der Waals surface area contributed by atoms with Gasteiger partial charge in [0.05, 0.1) is 25.4 Å². The van der Waals surface area contributed by atoms with Crippen molar-refractivity contribution in [3.63, 3.8) is 0 Å². The molecule has 0 aromatic carbocycles. The lowest BCUT2D eigenvalue weighted by Crippen LogP contribution is -2.52. The van der Waals surface area contributed by atoms with Crippen molar-refractivity contribution in [3.05, 3.63) is 18.2 Å². The number of aliphatic hydroxyl groups is 1. The Hall–Kier alpha value is -1.40. The molecule has 0 saturated carbocycles. The summed E-state index contributed by atoms with van der Waals surface area (Å²) in [5.41, 5.74) is 0. The van der Waals surface area contributed by atoms with E-state index in [9.17, 15) is 9.90 Å². The molecule has 2 unspecified atom stereocenters. The van der Waals surface area contributed by atoms with Crippen molar-refractivity contribution in [1.29, 1.82) is 0 Å². The van der Waals surface area contributed by atoms with E-state index >= 15 is 0 Å². The van der Waals surface area contributed by atoms with E-state index in [1.807, 2.05) is 22.6 Å². The van der Waals surface area contributed by atoms with Crippen LogP contribution >= 0.6 is 0 Å². The summed E-state index contributed by atoms with van der Waals surface area (Å²) < 4.78 is 7.50. The predicted octanol–water partition coefficient (Wildman–Crippen LogP) is 1.00. The SMILES string of the molecule is CC(C)c1nccn1CCC(=O)N1CC(CO)OCC1C. The molecule has 1 fully saturated rings. The number of aliphatic hydroxyl groups excluding tert-OH is 1. The van der Waals surface area contributed by atoms with Gasteiger partial charge < -0.3 is 19.3 Å². The molecule has 0 bridgehead atoms. The Labute approximate surface area is 125 Å². The molecule has 1 aromatic heterocycles. The molecule has 1 saturated heterocycles. The first-order valence-corrected chi connectivity index (χ1v) is 7.55. The molecular weight excluding hydrogens is 270 g/mol. The van der Waals surface area contributed by atoms with Crippen molar-refractivity contribution in [1.82, 2.24) is 14.5 Å². The van der Waals surface area contributed by atoms with Crippen LogP contribution in [0.1, 0.15) is 38.9 Å². The molecule has 0 spiro atoms. The third kappa shape index (κ3) is 3.83. The van der Waals surface area contributed by atoms with Crippen LogP contribution < -0.4 is 0 Å². The number of hydrogen-bond acceptors (Lipinski definition) is 4. The van der Waals surface area contributed by atoms with Crippen molar-refractivity contribution in [2.24, 2.45) is 0 Å². The lowest BCUT2D eigenvalue weighted by molar-refractivity contribution is -0.146. The Kier molecular flexibility index (Phi) is 5.36. The van der Waals surface area contributed by atoms with Gasteiger partial charge in [-0.05, 0) is 6.92 Å². The van der Waals surface area contributed by atoms with Crippen LogP contribution in [0.3, 0.4) is 0 Å². The van der Waals surface area contributed by atoms with Gasteiger partial charge in [-0.25, -0.2) is 4.98 Å². The summed E-state index contributed by atoms with van der Waals surface area (Å²) in [4.78, 5) is 18.5. The van der Waals surface area contributed by atoms with E-state index in [0.717, 1.165) is 5.82 Å². The summed E-state index contributed by atoms with van der Waals surface area (Å²) in [6.07, 6.45) is 3.88. The molecule has 1 amide bonds. The lowest BCUT2D eigenvalue weighted by Gasteiger charge is -2.37. The van der Waals surface area contributed by atoms with E-state index in [4.69, 9.17) is 4.74 Å². The van der Waals surface area contributed by atoms with Crippen LogP contribution in [0, 0.1) is 0 Å². The number of carbonyl (C=O) groups is 1. The molecule has 2 heterocycles. The maximum atomic E-state index is 12.4. The van der Waals surface area contributed by atoms with Gasteiger partial charge in [0.15, 0.2) is 0 Å². The summed E-state index contributed by atoms with van der Waals surface area (Å²) in [7, 11) is 0. The Bertz CT molecular complexity index is 472. The van der Waals surface area contributed by atoms with Crippen LogP contribution in [-0.4, -0.2) is 57.4 Å². The second-order valence-electron chi connectivity index (χ2n) is 5.92. The van der Waals surface area contributed by atoms with E-state index < -0.39 is 0 Å². The summed E-state index contributed by atoms with van der Waals surface area (Å²) in [6.45, 7) is 7.71. The first kappa shape index (κ1) is 16.0. The van der Waals surface area contributed by atoms with E-state index in [1.165, 1.54) is 0 Å². The second kappa shape index (κ2) is 7.04. The fourth-order valence-electron chi connectivity index (χ4n) is 2.65. The highest BCUT2D eigenvalue weighted by molar-refractivity contribution is 5.76. The number of aryl methyl sites for hydroxylation is 1. The minimum Gasteiger partial charge on any atom is -0.394 e. The fraction of sp³-hybridized carbons (Fsp3) is 0.733. The molecular formula is C15H25N3O3. The maximum absolute atomic E-state index is 12.4. The van der Waals surface area contributed by atoms with Crippen LogP contribution in [0.5, 0.6) is 0 Å². The van der Waals surface area contributed by atoms with Gasteiger partial charge >= 0.3 is 0 Å². The largest absolute Gasteiger partial charge is 0.394 e. The smallest absolute Gasteiger partial charge is 0.224 e. The number of aromatic nitrogens is 2. The van der Waals surface area contributed by atoms with Crippen LogP contribution in [0.25, 0.3) is 0 Å². The van der Waals surface area contributed by atoms with Crippen LogP contribution in [-0.2, 0) is 16.1 Å². The number of hydrogen-bond donors (Lipinski definition) is 1. The predicted molar refractivity (Wildman–Crippen MR) is 78.9 cm³/mol. The molecule has 1 aromatic rings. The third-order valence-corrected chi connectivity index (χ3v) is 3.86. The molecule has 118 valence electrons. The number of ether oxygens (including phenoxy) is 1. The van der Waals surface area contributed by atoms with Gasteiger partial charge in [0.1, 0.15) is 5.82 Å². The Balaban J connectivity index is 1.93. The molecule has 0 radical (unpaired) electrons. The number of imidazole rings is 1. The summed E-state index contributed by atoms with van der Waals surface area (Å²) >= 11 is 0. The number of nitrogens with zero attached hydrogens (tertiary/aromatic N) is 3. The van der Waals surface area contributed by atoms with Crippen molar-refractivity contribution in [3.8, 4) is 0 Å². The van der Waals surface area contributed by atoms with Crippen molar-refractivity contribution in [2.45, 2.75) is 51.8 Å². The van der Waals surface area contributed by atoms with Crippen molar-refractivity contribution < 1.29 is 14.6 Å². The van der Waals surface area contributed by atoms with Crippen molar-refractivity contribution in [2.75, 3.05) is 19.8 Å². The van der Waals surface area contributed by atoms with Gasteiger partial charge in [-0.2, -0.15) is 0 Å². The molecule has 1 aliphatic rings. The van der Waals surface area contributed by atoms with Gasteiger partial charge in [-0.15, -0.1) is 0 Å². The van der Waals surface area contributed by atoms with Crippen molar-refractivity contribution >= 4 is 5.91 Å². The maximum Gasteiger partial charge on any atom is 0.224 e. The van der Waals surface area contributed by atoms with Gasteiger partial charge in [0, 0.05) is 37.8 Å². The number of amides is 1. The quantitative estimate of drug-likeness (QED) is 0.880. The Morgan fingerprint density at radius 3 is 3.00 bits per heavy atom. The van der Waals surface area contributed by atoms with Crippen LogP contribution in [0.2, 0.25) is 0 Å². The summed E-state index contributed by atoms with van der Waals surface area (Å²) in [5.74, 6) is 1.45. The highest BCUT2D eigenvalue weighted by Crippen LogP contribution is 2.15. The first-order valence-electron chi connectivity index (χ1n) is 7.55. The van der Waals surface area contributed by atoms with E-state index in [0.29, 0.717) is 32.0 Å². The van der Waals surface area contributed by atoms with Crippen LogP contribution in [0.15, 0.2) is 12.4 Å². The second-order valence-corrected chi connectivity index (χ2v) is 5.92. The topological polar surface area (TPSA) is 67.6 Å². The monoisotopic (exact) mass is 295 g/mol. The normalized spacial score (nSPS) is 22.8. The molecule has 21 heavy (non-hydrogen) atoms. The van der Waals surface area contributed by atoms with E-state index in [1.54, 1.807) is 6.20 Å². The average Bonchev–Trinajstić information content (AvgIpc) is 2.94. The number of carbonyl (C=O) groups excluding carboxylic acids is 1. The highest BCUT2D eigenvalue weighted by atomic mass is 16.5. The van der Waals surface area contributed by atoms with E-state index in [2.05, 4.69) is 18.8 Å². The highest BCUT2D eigenvalue weighted by Gasteiger charge is 2.28. The summed E-state index contributed by atoms with van der Waals surface area (Å²) in [6, 6.07) is 0.0626. The Morgan fingerprint density at radius 2 is 2.33 bits per heavy atom. The summed E-state index contributed by atoms with van der Waals surface area (Å²) in [5, 5.41) is 9.18. The van der Waals surface area contributed by atoms with Crippen LogP contribution in [0.4, 0.5) is 0 Å². The zero-order valence-corrected chi connectivity index (χ0v) is 13.0. The number of rotatable bonds is 5. The molecule has 2 rings (SSSR count). The van der Waals surface area contributed by atoms with Gasteiger partial charge in [-0.3, -0.25) is 4.79 Å². The minimum absolute atomic E-state index is 0.0461. The first-order chi connectivity index (χ1) is 10.0. The average molecular weight is 295 g/mol. The minimum atomic E-state index is -0.260. The van der Waals surface area contributed by atoms with E-state index in [-0.39, 0.29) is 24.7 Å². The standard InChI is InChI=1S/C15H25N3O3/c1-11(2)15-16-5-7-17(15)6-4-14(20)18-8-13(9-19)21-10-12(18)3/h5,7,11-13,19H,4,6,8-10H2,1-3H3. The molecule has 6 heteroatoms. The lowest BCUT2D eigenvalue weighted by atomic mass is 10.1. The van der Waals surface area contributed by atoms with Gasteiger partial charge in [0.2, 0.25) is 5.91 Å². The fourth-order valence-corrected chi connectivity index (χ4v) is 2.65. The molecule has 6 nitrogen and oxygen atoms in total. The molecule has 0 aliphatic carbocycles. The van der Waals surface area contributed by atoms with Gasteiger partial charge in [0.25, 0.3) is 0 Å². The third-order valence-electron chi connectivity index (χ3n) is 3.86.